The van der Waals surface area contributed by atoms with E-state index in [4.69, 9.17) is 4.74 Å². The fraction of sp³-hybridized carbons (Fsp3) is 0.917. The van der Waals surface area contributed by atoms with Crippen molar-refractivity contribution in [2.75, 3.05) is 26.3 Å². The zero-order chi connectivity index (χ0) is 13.1. The van der Waals surface area contributed by atoms with Gasteiger partial charge in [-0.1, -0.05) is 13.8 Å². The summed E-state index contributed by atoms with van der Waals surface area (Å²) >= 11 is 4.18. The number of thiol groups is 1. The molecule has 1 amide bonds. The summed E-state index contributed by atoms with van der Waals surface area (Å²) in [5.74, 6) is 0.690. The summed E-state index contributed by atoms with van der Waals surface area (Å²) in [5.41, 5.74) is 0. The molecule has 0 saturated heterocycles. The van der Waals surface area contributed by atoms with E-state index in [1.807, 2.05) is 6.92 Å². The molecule has 4 nitrogen and oxygen atoms in total. The summed E-state index contributed by atoms with van der Waals surface area (Å²) < 4.78 is 5.35. The Balaban J connectivity index is 3.19. The summed E-state index contributed by atoms with van der Waals surface area (Å²) in [5, 5.41) is 6.16. The van der Waals surface area contributed by atoms with E-state index in [1.54, 1.807) is 0 Å². The molecule has 0 aliphatic carbocycles. The quantitative estimate of drug-likeness (QED) is 0.317. The van der Waals surface area contributed by atoms with Gasteiger partial charge in [0.1, 0.15) is 0 Å². The van der Waals surface area contributed by atoms with Crippen molar-refractivity contribution in [1.29, 1.82) is 0 Å². The van der Waals surface area contributed by atoms with Crippen LogP contribution in [0.15, 0.2) is 0 Å². The first kappa shape index (κ1) is 16.7. The summed E-state index contributed by atoms with van der Waals surface area (Å²) in [7, 11) is 0. The predicted molar refractivity (Wildman–Crippen MR) is 74.4 cm³/mol. The number of carbonyl (C=O) groups is 1. The first-order valence-corrected chi connectivity index (χ1v) is 6.80. The van der Waals surface area contributed by atoms with Crippen molar-refractivity contribution in [3.8, 4) is 0 Å². The van der Waals surface area contributed by atoms with Crippen LogP contribution in [0.25, 0.3) is 0 Å². The molecule has 2 N–H and O–H groups in total. The lowest BCUT2D eigenvalue weighted by molar-refractivity contribution is -0.121. The SMILES string of the molecule is CC(C)CCC(=O)NCCOCCN[C@H](C)S. The lowest BCUT2D eigenvalue weighted by Gasteiger charge is -2.09. The van der Waals surface area contributed by atoms with Gasteiger partial charge in [-0.05, 0) is 19.3 Å². The van der Waals surface area contributed by atoms with Gasteiger partial charge in [-0.25, -0.2) is 0 Å². The zero-order valence-electron chi connectivity index (χ0n) is 11.2. The molecule has 1 atom stereocenters. The monoisotopic (exact) mass is 262 g/mol. The van der Waals surface area contributed by atoms with Gasteiger partial charge in [0.2, 0.25) is 5.91 Å². The number of hydrogen-bond donors (Lipinski definition) is 3. The van der Waals surface area contributed by atoms with Gasteiger partial charge in [0.25, 0.3) is 0 Å². The maximum atomic E-state index is 11.3. The van der Waals surface area contributed by atoms with Crippen molar-refractivity contribution in [2.45, 2.75) is 39.0 Å². The molecule has 0 aliphatic heterocycles. The molecular formula is C12H26N2O2S. The minimum Gasteiger partial charge on any atom is -0.378 e. The second kappa shape index (κ2) is 10.9. The van der Waals surface area contributed by atoms with Gasteiger partial charge in [-0.2, -0.15) is 12.6 Å². The average molecular weight is 262 g/mol. The fourth-order valence-corrected chi connectivity index (χ4v) is 1.34. The van der Waals surface area contributed by atoms with Gasteiger partial charge in [0.15, 0.2) is 0 Å². The minimum absolute atomic E-state index is 0.115. The summed E-state index contributed by atoms with van der Waals surface area (Å²) in [6.45, 7) is 8.79. The smallest absolute Gasteiger partial charge is 0.220 e. The Morgan fingerprint density at radius 3 is 2.47 bits per heavy atom. The Labute approximate surface area is 110 Å². The van der Waals surface area contributed by atoms with E-state index >= 15 is 0 Å². The number of nitrogens with one attached hydrogen (secondary N) is 2. The Bertz CT molecular complexity index is 199. The van der Waals surface area contributed by atoms with Crippen molar-refractivity contribution in [2.24, 2.45) is 5.92 Å². The predicted octanol–water partition coefficient (Wildman–Crippen LogP) is 1.42. The van der Waals surface area contributed by atoms with Crippen molar-refractivity contribution in [3.63, 3.8) is 0 Å². The van der Waals surface area contributed by atoms with Crippen molar-refractivity contribution in [1.82, 2.24) is 10.6 Å². The highest BCUT2D eigenvalue weighted by Gasteiger charge is 2.02. The van der Waals surface area contributed by atoms with Gasteiger partial charge in [0.05, 0.1) is 13.2 Å². The summed E-state index contributed by atoms with van der Waals surface area (Å²) in [6, 6.07) is 0. The van der Waals surface area contributed by atoms with Crippen LogP contribution in [-0.4, -0.2) is 37.6 Å². The molecule has 0 aromatic heterocycles. The third kappa shape index (κ3) is 13.7. The normalized spacial score (nSPS) is 12.8. The second-order valence-electron chi connectivity index (χ2n) is 4.52. The Morgan fingerprint density at radius 1 is 1.24 bits per heavy atom. The van der Waals surface area contributed by atoms with E-state index in [2.05, 4.69) is 37.1 Å². The van der Waals surface area contributed by atoms with Crippen molar-refractivity contribution < 1.29 is 9.53 Å². The van der Waals surface area contributed by atoms with E-state index in [0.29, 0.717) is 32.1 Å². The molecule has 0 aromatic carbocycles. The Hall–Kier alpha value is -0.260. The van der Waals surface area contributed by atoms with Crippen molar-refractivity contribution in [3.05, 3.63) is 0 Å². The highest BCUT2D eigenvalue weighted by atomic mass is 32.1. The maximum absolute atomic E-state index is 11.3. The van der Waals surface area contributed by atoms with Gasteiger partial charge in [-0.15, -0.1) is 0 Å². The molecule has 0 bridgehead atoms. The molecule has 0 fully saturated rings. The average Bonchev–Trinajstić information content (AvgIpc) is 2.24. The summed E-state index contributed by atoms with van der Waals surface area (Å²) in [4.78, 5) is 11.3. The third-order valence-corrected chi connectivity index (χ3v) is 2.39. The molecule has 0 spiro atoms. The van der Waals surface area contributed by atoms with Crippen LogP contribution in [0.2, 0.25) is 0 Å². The third-order valence-electron chi connectivity index (χ3n) is 2.20. The topological polar surface area (TPSA) is 50.4 Å². The van der Waals surface area contributed by atoms with Crippen LogP contribution in [0.3, 0.4) is 0 Å². The van der Waals surface area contributed by atoms with E-state index in [9.17, 15) is 4.79 Å². The van der Waals surface area contributed by atoms with Gasteiger partial charge >= 0.3 is 0 Å². The molecule has 0 saturated carbocycles. The van der Waals surface area contributed by atoms with Crippen LogP contribution in [-0.2, 0) is 9.53 Å². The molecule has 0 aromatic rings. The number of amides is 1. The lowest BCUT2D eigenvalue weighted by Crippen LogP contribution is -2.29. The molecule has 0 radical (unpaired) electrons. The lowest BCUT2D eigenvalue weighted by atomic mass is 10.1. The molecule has 17 heavy (non-hydrogen) atoms. The van der Waals surface area contributed by atoms with E-state index in [1.165, 1.54) is 0 Å². The van der Waals surface area contributed by atoms with Crippen LogP contribution >= 0.6 is 12.6 Å². The standard InChI is InChI=1S/C12H26N2O2S/c1-10(2)4-5-12(15)14-7-9-16-8-6-13-11(3)17/h10-11,13,17H,4-9H2,1-3H3,(H,14,15)/t11-/m0/s1. The van der Waals surface area contributed by atoms with Crippen LogP contribution in [0.5, 0.6) is 0 Å². The van der Waals surface area contributed by atoms with E-state index in [0.717, 1.165) is 13.0 Å². The van der Waals surface area contributed by atoms with Crippen LogP contribution < -0.4 is 10.6 Å². The fourth-order valence-electron chi connectivity index (χ4n) is 1.21. The van der Waals surface area contributed by atoms with Crippen LogP contribution in [0.4, 0.5) is 0 Å². The van der Waals surface area contributed by atoms with E-state index < -0.39 is 0 Å². The zero-order valence-corrected chi connectivity index (χ0v) is 12.1. The molecule has 0 unspecified atom stereocenters. The maximum Gasteiger partial charge on any atom is 0.220 e. The molecular weight excluding hydrogens is 236 g/mol. The van der Waals surface area contributed by atoms with Gasteiger partial charge in [0, 0.05) is 24.9 Å². The Kier molecular flexibility index (Phi) is 10.7. The number of hydrogen-bond acceptors (Lipinski definition) is 4. The number of carbonyl (C=O) groups excluding carboxylic acids is 1. The summed E-state index contributed by atoms with van der Waals surface area (Å²) in [6.07, 6.45) is 1.55. The largest absolute Gasteiger partial charge is 0.378 e. The minimum atomic E-state index is 0.115. The highest BCUT2D eigenvalue weighted by molar-refractivity contribution is 7.80. The van der Waals surface area contributed by atoms with Crippen LogP contribution in [0.1, 0.15) is 33.6 Å². The molecule has 0 rings (SSSR count). The first-order chi connectivity index (χ1) is 8.02. The highest BCUT2D eigenvalue weighted by Crippen LogP contribution is 2.02. The first-order valence-electron chi connectivity index (χ1n) is 6.28. The van der Waals surface area contributed by atoms with Crippen LogP contribution in [0, 0.1) is 5.92 Å². The molecule has 0 heterocycles. The number of rotatable bonds is 10. The molecule has 102 valence electrons. The second-order valence-corrected chi connectivity index (χ2v) is 5.30. The number of ether oxygens (including phenoxy) is 1. The molecule has 0 aliphatic rings. The van der Waals surface area contributed by atoms with Crippen molar-refractivity contribution >= 4 is 18.5 Å². The van der Waals surface area contributed by atoms with Gasteiger partial charge < -0.3 is 15.4 Å². The molecule has 5 heteroatoms. The van der Waals surface area contributed by atoms with E-state index in [-0.39, 0.29) is 11.3 Å². The van der Waals surface area contributed by atoms with Gasteiger partial charge in [-0.3, -0.25) is 4.79 Å². The Morgan fingerprint density at radius 2 is 1.88 bits per heavy atom.